The van der Waals surface area contributed by atoms with E-state index in [9.17, 15) is 0 Å². The summed E-state index contributed by atoms with van der Waals surface area (Å²) in [6.07, 6.45) is 10.2. The van der Waals surface area contributed by atoms with Crippen LogP contribution in [0.5, 0.6) is 0 Å². The standard InChI is InChI=1S/C16H28N4/c1-4-11-17-14-13(5-2)15(19-12-18-14)20-16(3)9-7-6-8-10-16/h12H,4-11H2,1-3H3,(H2,17,18,19,20). The van der Waals surface area contributed by atoms with Crippen molar-refractivity contribution in [1.82, 2.24) is 9.97 Å². The fourth-order valence-electron chi connectivity index (χ4n) is 2.99. The molecule has 4 heteroatoms. The molecule has 1 saturated carbocycles. The van der Waals surface area contributed by atoms with E-state index in [1.54, 1.807) is 6.33 Å². The molecule has 1 fully saturated rings. The predicted octanol–water partition coefficient (Wildman–Crippen LogP) is 4.00. The van der Waals surface area contributed by atoms with Gasteiger partial charge < -0.3 is 10.6 Å². The van der Waals surface area contributed by atoms with Gasteiger partial charge in [0.1, 0.15) is 18.0 Å². The largest absolute Gasteiger partial charge is 0.370 e. The lowest BCUT2D eigenvalue weighted by atomic mass is 9.83. The van der Waals surface area contributed by atoms with Gasteiger partial charge in [-0.3, -0.25) is 0 Å². The van der Waals surface area contributed by atoms with Crippen molar-refractivity contribution in [3.8, 4) is 0 Å². The van der Waals surface area contributed by atoms with Crippen LogP contribution in [0.15, 0.2) is 6.33 Å². The highest BCUT2D eigenvalue weighted by Crippen LogP contribution is 2.32. The fourth-order valence-corrected chi connectivity index (χ4v) is 2.99. The Kier molecular flexibility index (Phi) is 5.21. The number of hydrogen-bond acceptors (Lipinski definition) is 4. The summed E-state index contributed by atoms with van der Waals surface area (Å²) in [4.78, 5) is 8.90. The predicted molar refractivity (Wildman–Crippen MR) is 85.3 cm³/mol. The molecule has 0 amide bonds. The van der Waals surface area contributed by atoms with E-state index >= 15 is 0 Å². The quantitative estimate of drug-likeness (QED) is 0.824. The summed E-state index contributed by atoms with van der Waals surface area (Å²) in [6.45, 7) is 7.62. The van der Waals surface area contributed by atoms with Gasteiger partial charge in [-0.25, -0.2) is 9.97 Å². The molecule has 0 bridgehead atoms. The number of anilines is 2. The third-order valence-corrected chi connectivity index (χ3v) is 4.22. The molecule has 2 N–H and O–H groups in total. The van der Waals surface area contributed by atoms with E-state index in [0.717, 1.165) is 31.0 Å². The Morgan fingerprint density at radius 3 is 2.45 bits per heavy atom. The molecule has 4 nitrogen and oxygen atoms in total. The van der Waals surface area contributed by atoms with Crippen LogP contribution >= 0.6 is 0 Å². The lowest BCUT2D eigenvalue weighted by molar-refractivity contribution is 0.348. The minimum atomic E-state index is 0.193. The van der Waals surface area contributed by atoms with Gasteiger partial charge in [0, 0.05) is 17.6 Å². The minimum absolute atomic E-state index is 0.193. The van der Waals surface area contributed by atoms with Crippen LogP contribution < -0.4 is 10.6 Å². The maximum atomic E-state index is 4.50. The van der Waals surface area contributed by atoms with Gasteiger partial charge in [0.25, 0.3) is 0 Å². The first kappa shape index (κ1) is 15.1. The van der Waals surface area contributed by atoms with Crippen LogP contribution in [-0.4, -0.2) is 22.1 Å². The molecule has 0 aliphatic heterocycles. The van der Waals surface area contributed by atoms with Gasteiger partial charge in [-0.2, -0.15) is 0 Å². The molecule has 20 heavy (non-hydrogen) atoms. The van der Waals surface area contributed by atoms with Crippen molar-refractivity contribution in [2.45, 2.75) is 71.3 Å². The van der Waals surface area contributed by atoms with Crippen molar-refractivity contribution in [3.05, 3.63) is 11.9 Å². The molecule has 0 atom stereocenters. The number of nitrogens with one attached hydrogen (secondary N) is 2. The van der Waals surface area contributed by atoms with Gasteiger partial charge in [0.15, 0.2) is 0 Å². The van der Waals surface area contributed by atoms with Crippen molar-refractivity contribution < 1.29 is 0 Å². The summed E-state index contributed by atoms with van der Waals surface area (Å²) in [5.74, 6) is 2.01. The van der Waals surface area contributed by atoms with Crippen LogP contribution in [0.3, 0.4) is 0 Å². The fraction of sp³-hybridized carbons (Fsp3) is 0.750. The zero-order valence-electron chi connectivity index (χ0n) is 13.1. The molecule has 1 aliphatic rings. The first-order valence-electron chi connectivity index (χ1n) is 8.04. The van der Waals surface area contributed by atoms with E-state index in [-0.39, 0.29) is 5.54 Å². The number of rotatable bonds is 6. The molecule has 112 valence electrons. The van der Waals surface area contributed by atoms with Crippen molar-refractivity contribution in [2.75, 3.05) is 17.2 Å². The first-order valence-corrected chi connectivity index (χ1v) is 8.04. The Hall–Kier alpha value is -1.32. The Morgan fingerprint density at radius 1 is 1.10 bits per heavy atom. The second-order valence-corrected chi connectivity index (χ2v) is 6.08. The summed E-state index contributed by atoms with van der Waals surface area (Å²) in [7, 11) is 0. The molecule has 1 aromatic heterocycles. The second kappa shape index (κ2) is 6.91. The van der Waals surface area contributed by atoms with Gasteiger partial charge >= 0.3 is 0 Å². The van der Waals surface area contributed by atoms with Crippen LogP contribution in [0.4, 0.5) is 11.6 Å². The lowest BCUT2D eigenvalue weighted by Gasteiger charge is -2.35. The number of hydrogen-bond donors (Lipinski definition) is 2. The van der Waals surface area contributed by atoms with Crippen molar-refractivity contribution in [3.63, 3.8) is 0 Å². The lowest BCUT2D eigenvalue weighted by Crippen LogP contribution is -2.37. The number of nitrogens with zero attached hydrogens (tertiary/aromatic N) is 2. The molecule has 0 spiro atoms. The zero-order chi connectivity index (χ0) is 14.4. The highest BCUT2D eigenvalue weighted by atomic mass is 15.1. The van der Waals surface area contributed by atoms with E-state index < -0.39 is 0 Å². The van der Waals surface area contributed by atoms with E-state index in [2.05, 4.69) is 41.4 Å². The van der Waals surface area contributed by atoms with Crippen LogP contribution in [0, 0.1) is 0 Å². The van der Waals surface area contributed by atoms with Crippen molar-refractivity contribution in [1.29, 1.82) is 0 Å². The Morgan fingerprint density at radius 2 is 1.80 bits per heavy atom. The molecular weight excluding hydrogens is 248 g/mol. The van der Waals surface area contributed by atoms with Crippen molar-refractivity contribution >= 4 is 11.6 Å². The van der Waals surface area contributed by atoms with Gasteiger partial charge in [-0.15, -0.1) is 0 Å². The van der Waals surface area contributed by atoms with Gasteiger partial charge in [0.05, 0.1) is 0 Å². The van der Waals surface area contributed by atoms with E-state index in [0.29, 0.717) is 0 Å². The van der Waals surface area contributed by atoms with E-state index in [4.69, 9.17) is 0 Å². The van der Waals surface area contributed by atoms with E-state index in [1.807, 2.05) is 0 Å². The molecule has 0 saturated heterocycles. The van der Waals surface area contributed by atoms with Gasteiger partial charge in [0.2, 0.25) is 0 Å². The van der Waals surface area contributed by atoms with Crippen LogP contribution in [0.2, 0.25) is 0 Å². The zero-order valence-corrected chi connectivity index (χ0v) is 13.1. The molecule has 0 unspecified atom stereocenters. The summed E-state index contributed by atoms with van der Waals surface area (Å²) >= 11 is 0. The third-order valence-electron chi connectivity index (χ3n) is 4.22. The Bertz CT molecular complexity index is 424. The minimum Gasteiger partial charge on any atom is -0.370 e. The molecule has 0 aromatic carbocycles. The van der Waals surface area contributed by atoms with Crippen molar-refractivity contribution in [2.24, 2.45) is 0 Å². The summed E-state index contributed by atoms with van der Waals surface area (Å²) in [5.41, 5.74) is 1.41. The SMILES string of the molecule is CCCNc1ncnc(NC2(C)CCCCC2)c1CC. The molecular formula is C16H28N4. The third kappa shape index (κ3) is 3.62. The Labute approximate surface area is 122 Å². The van der Waals surface area contributed by atoms with E-state index in [1.165, 1.54) is 37.7 Å². The highest BCUT2D eigenvalue weighted by Gasteiger charge is 2.27. The molecule has 2 rings (SSSR count). The number of aromatic nitrogens is 2. The average Bonchev–Trinajstić information content (AvgIpc) is 2.45. The second-order valence-electron chi connectivity index (χ2n) is 6.08. The summed E-state index contributed by atoms with van der Waals surface area (Å²) in [6, 6.07) is 0. The highest BCUT2D eigenvalue weighted by molar-refractivity contribution is 5.58. The smallest absolute Gasteiger partial charge is 0.135 e. The topological polar surface area (TPSA) is 49.8 Å². The average molecular weight is 276 g/mol. The maximum absolute atomic E-state index is 4.50. The van der Waals surface area contributed by atoms with Gasteiger partial charge in [-0.05, 0) is 32.6 Å². The first-order chi connectivity index (χ1) is 9.68. The molecule has 1 heterocycles. The summed E-state index contributed by atoms with van der Waals surface area (Å²) in [5, 5.41) is 7.12. The van der Waals surface area contributed by atoms with Crippen LogP contribution in [-0.2, 0) is 6.42 Å². The molecule has 0 radical (unpaired) electrons. The van der Waals surface area contributed by atoms with Crippen LogP contribution in [0.1, 0.15) is 64.9 Å². The normalized spacial score (nSPS) is 17.8. The molecule has 1 aliphatic carbocycles. The Balaban J connectivity index is 2.17. The molecule has 1 aromatic rings. The monoisotopic (exact) mass is 276 g/mol. The maximum Gasteiger partial charge on any atom is 0.135 e. The summed E-state index contributed by atoms with van der Waals surface area (Å²) < 4.78 is 0. The van der Waals surface area contributed by atoms with Crippen LogP contribution in [0.25, 0.3) is 0 Å². The van der Waals surface area contributed by atoms with Gasteiger partial charge in [-0.1, -0.05) is 33.1 Å².